The zero-order valence-electron chi connectivity index (χ0n) is 23.1. The van der Waals surface area contributed by atoms with Crippen LogP contribution in [-0.2, 0) is 31.1 Å². The Morgan fingerprint density at radius 3 is 1.73 bits per heavy atom. The second-order valence-electron chi connectivity index (χ2n) is 10.6. The standard InChI is InChI=1S/C34H36N2O4/c1-23-7-3-9-25(17-23)21-39-32-13-5-11-27-28-12-6-14-33(40-22-26-10-4-8-24(2)18-26)30(28)20-36(19-29(27)32)16-15-31(35)34(37)38/h3-14,17-18,31H,15-16,19-22,35H2,1-2H3,(H,37,38)/t31-/m0/s1. The smallest absolute Gasteiger partial charge is 0.320 e. The van der Waals surface area contributed by atoms with Gasteiger partial charge in [-0.3, -0.25) is 9.69 Å². The number of hydrogen-bond donors (Lipinski definition) is 2. The number of ether oxygens (including phenoxy) is 2. The fourth-order valence-corrected chi connectivity index (χ4v) is 5.26. The SMILES string of the molecule is Cc1cccc(COc2cccc3c2CN(CC[C@H](N)C(=O)O)Cc2c(OCc4cccc(C)c4)cccc2-3)c1. The van der Waals surface area contributed by atoms with Gasteiger partial charge in [-0.25, -0.2) is 0 Å². The Labute approximate surface area is 236 Å². The van der Waals surface area contributed by atoms with Crippen molar-refractivity contribution >= 4 is 5.97 Å². The first kappa shape index (κ1) is 27.4. The first-order chi connectivity index (χ1) is 19.4. The zero-order valence-corrected chi connectivity index (χ0v) is 23.1. The summed E-state index contributed by atoms with van der Waals surface area (Å²) < 4.78 is 12.8. The van der Waals surface area contributed by atoms with E-state index in [1.165, 1.54) is 11.1 Å². The third-order valence-electron chi connectivity index (χ3n) is 7.35. The molecule has 1 aliphatic rings. The van der Waals surface area contributed by atoms with Crippen LogP contribution in [0.15, 0.2) is 84.9 Å². The van der Waals surface area contributed by atoms with Gasteiger partial charge >= 0.3 is 5.97 Å². The summed E-state index contributed by atoms with van der Waals surface area (Å²) in [5.41, 5.74) is 14.9. The minimum Gasteiger partial charge on any atom is -0.489 e. The highest BCUT2D eigenvalue weighted by Crippen LogP contribution is 2.41. The van der Waals surface area contributed by atoms with E-state index < -0.39 is 12.0 Å². The minimum absolute atomic E-state index is 0.346. The van der Waals surface area contributed by atoms with Gasteiger partial charge in [-0.15, -0.1) is 0 Å². The fourth-order valence-electron chi connectivity index (χ4n) is 5.26. The van der Waals surface area contributed by atoms with E-state index in [4.69, 9.17) is 15.2 Å². The van der Waals surface area contributed by atoms with Crippen molar-refractivity contribution in [2.24, 2.45) is 5.73 Å². The Kier molecular flexibility index (Phi) is 8.48. The topological polar surface area (TPSA) is 85.0 Å². The number of nitrogens with two attached hydrogens (primary N) is 1. The molecule has 0 unspecified atom stereocenters. The van der Waals surface area contributed by atoms with Crippen LogP contribution in [0.4, 0.5) is 0 Å². The number of carbonyl (C=O) groups is 1. The van der Waals surface area contributed by atoms with Crippen LogP contribution in [0.1, 0.15) is 39.8 Å². The molecule has 3 N–H and O–H groups in total. The molecule has 0 spiro atoms. The van der Waals surface area contributed by atoms with E-state index in [1.54, 1.807) is 0 Å². The van der Waals surface area contributed by atoms with Crippen molar-refractivity contribution in [3.05, 3.63) is 118 Å². The van der Waals surface area contributed by atoms with Gasteiger partial charge in [-0.2, -0.15) is 0 Å². The summed E-state index contributed by atoms with van der Waals surface area (Å²) in [5.74, 6) is 0.663. The number of rotatable bonds is 10. The molecule has 0 aromatic heterocycles. The maximum atomic E-state index is 11.4. The van der Waals surface area contributed by atoms with Crippen LogP contribution < -0.4 is 15.2 Å². The lowest BCUT2D eigenvalue weighted by Crippen LogP contribution is -2.35. The summed E-state index contributed by atoms with van der Waals surface area (Å²) in [6.45, 7) is 6.84. The van der Waals surface area contributed by atoms with E-state index in [2.05, 4.69) is 67.3 Å². The predicted molar refractivity (Wildman–Crippen MR) is 157 cm³/mol. The van der Waals surface area contributed by atoms with Gasteiger partial charge in [-0.1, -0.05) is 83.9 Å². The Balaban J connectivity index is 1.49. The molecule has 0 fully saturated rings. The minimum atomic E-state index is -0.986. The Bertz CT molecular complexity index is 1400. The molecule has 0 aliphatic carbocycles. The molecule has 1 atom stereocenters. The number of nitrogens with zero attached hydrogens (tertiary/aromatic N) is 1. The largest absolute Gasteiger partial charge is 0.489 e. The molecule has 206 valence electrons. The Morgan fingerprint density at radius 2 is 1.27 bits per heavy atom. The molecule has 0 amide bonds. The van der Waals surface area contributed by atoms with Gasteiger partial charge in [0.05, 0.1) is 0 Å². The van der Waals surface area contributed by atoms with Gasteiger partial charge in [0.2, 0.25) is 0 Å². The summed E-state index contributed by atoms with van der Waals surface area (Å²) in [5, 5.41) is 9.38. The maximum Gasteiger partial charge on any atom is 0.320 e. The van der Waals surface area contributed by atoms with Gasteiger partial charge in [0.1, 0.15) is 30.8 Å². The molecule has 1 aliphatic heterocycles. The van der Waals surface area contributed by atoms with Crippen LogP contribution >= 0.6 is 0 Å². The molecular weight excluding hydrogens is 500 g/mol. The molecule has 1 heterocycles. The van der Waals surface area contributed by atoms with Gasteiger partial charge < -0.3 is 20.3 Å². The van der Waals surface area contributed by atoms with Crippen molar-refractivity contribution in [1.29, 1.82) is 0 Å². The molecule has 6 heteroatoms. The fraction of sp³-hybridized carbons (Fsp3) is 0.265. The van der Waals surface area contributed by atoms with Crippen LogP contribution in [0.3, 0.4) is 0 Å². The summed E-state index contributed by atoms with van der Waals surface area (Å²) in [6, 6.07) is 28.1. The van der Waals surface area contributed by atoms with Gasteiger partial charge in [0.15, 0.2) is 0 Å². The molecule has 4 aromatic rings. The monoisotopic (exact) mass is 536 g/mol. The van der Waals surface area contributed by atoms with Crippen LogP contribution in [-0.4, -0.2) is 28.6 Å². The highest BCUT2D eigenvalue weighted by atomic mass is 16.5. The Morgan fingerprint density at radius 1 is 0.800 bits per heavy atom. The highest BCUT2D eigenvalue weighted by Gasteiger charge is 2.25. The third-order valence-corrected chi connectivity index (χ3v) is 7.35. The van der Waals surface area contributed by atoms with E-state index in [-0.39, 0.29) is 0 Å². The molecular formula is C34H36N2O4. The number of fused-ring (bicyclic) bond motifs is 3. The van der Waals surface area contributed by atoms with Crippen LogP contribution in [0.25, 0.3) is 11.1 Å². The van der Waals surface area contributed by atoms with Crippen LogP contribution in [0, 0.1) is 13.8 Å². The Hall–Kier alpha value is -4.13. The van der Waals surface area contributed by atoms with E-state index >= 15 is 0 Å². The number of hydrogen-bond acceptors (Lipinski definition) is 5. The average Bonchev–Trinajstić information content (AvgIpc) is 3.11. The highest BCUT2D eigenvalue weighted by molar-refractivity contribution is 5.76. The number of aliphatic carboxylic acids is 1. The van der Waals surface area contributed by atoms with Crippen LogP contribution in [0.2, 0.25) is 0 Å². The molecule has 5 rings (SSSR count). The van der Waals surface area contributed by atoms with Crippen molar-refractivity contribution in [2.45, 2.75) is 52.6 Å². The molecule has 6 nitrogen and oxygen atoms in total. The van der Waals surface area contributed by atoms with E-state index in [9.17, 15) is 9.90 Å². The molecule has 0 saturated carbocycles. The molecule has 0 saturated heterocycles. The average molecular weight is 537 g/mol. The quantitative estimate of drug-likeness (QED) is 0.249. The molecule has 40 heavy (non-hydrogen) atoms. The van der Waals surface area contributed by atoms with Gasteiger partial charge in [0.25, 0.3) is 0 Å². The number of aryl methyl sites for hydroxylation is 2. The van der Waals surface area contributed by atoms with Gasteiger partial charge in [0, 0.05) is 30.8 Å². The summed E-state index contributed by atoms with van der Waals surface area (Å²) in [6.07, 6.45) is 0.346. The third kappa shape index (κ3) is 6.53. The lowest BCUT2D eigenvalue weighted by atomic mass is 9.95. The molecule has 4 aromatic carbocycles. The number of benzene rings is 4. The second-order valence-corrected chi connectivity index (χ2v) is 10.6. The first-order valence-electron chi connectivity index (χ1n) is 13.7. The van der Waals surface area contributed by atoms with E-state index in [1.807, 2.05) is 36.4 Å². The lowest BCUT2D eigenvalue weighted by molar-refractivity contribution is -0.138. The number of carboxylic acid groups (broad SMARTS) is 1. The van der Waals surface area contributed by atoms with E-state index in [0.717, 1.165) is 44.9 Å². The van der Waals surface area contributed by atoms with E-state index in [0.29, 0.717) is 39.3 Å². The lowest BCUT2D eigenvalue weighted by Gasteiger charge is -2.24. The van der Waals surface area contributed by atoms with Crippen molar-refractivity contribution < 1.29 is 19.4 Å². The van der Waals surface area contributed by atoms with Crippen molar-refractivity contribution in [3.8, 4) is 22.6 Å². The van der Waals surface area contributed by atoms with Crippen molar-refractivity contribution in [2.75, 3.05) is 6.54 Å². The second kappa shape index (κ2) is 12.4. The first-order valence-corrected chi connectivity index (χ1v) is 13.7. The van der Waals surface area contributed by atoms with Crippen LogP contribution in [0.5, 0.6) is 11.5 Å². The maximum absolute atomic E-state index is 11.4. The summed E-state index contributed by atoms with van der Waals surface area (Å²) >= 11 is 0. The molecule has 0 bridgehead atoms. The zero-order chi connectivity index (χ0) is 28.1. The molecule has 0 radical (unpaired) electrons. The van der Waals surface area contributed by atoms with Crippen molar-refractivity contribution in [3.63, 3.8) is 0 Å². The summed E-state index contributed by atoms with van der Waals surface area (Å²) in [7, 11) is 0. The van der Waals surface area contributed by atoms with Gasteiger partial charge in [-0.05, 0) is 54.7 Å². The van der Waals surface area contributed by atoms with Crippen molar-refractivity contribution in [1.82, 2.24) is 4.90 Å². The number of carboxylic acids is 1. The predicted octanol–water partition coefficient (Wildman–Crippen LogP) is 6.25. The summed E-state index contributed by atoms with van der Waals surface area (Å²) in [4.78, 5) is 13.7. The normalized spacial score (nSPS) is 13.6.